The van der Waals surface area contributed by atoms with Gasteiger partial charge in [0, 0.05) is 19.3 Å². The molecule has 0 aliphatic rings. The topological polar surface area (TPSA) is 87.8 Å². The molecule has 1 aromatic heterocycles. The predicted octanol–water partition coefficient (Wildman–Crippen LogP) is 0.341. The lowest BCUT2D eigenvalue weighted by Crippen LogP contribution is -2.27. The van der Waals surface area contributed by atoms with Crippen molar-refractivity contribution >= 4 is 10.0 Å². The van der Waals surface area contributed by atoms with Gasteiger partial charge in [-0.15, -0.1) is 0 Å². The summed E-state index contributed by atoms with van der Waals surface area (Å²) in [4.78, 5) is 0.125. The molecule has 0 aromatic carbocycles. The summed E-state index contributed by atoms with van der Waals surface area (Å²) in [5.41, 5.74) is 0. The highest BCUT2D eigenvalue weighted by Gasteiger charge is 2.16. The minimum atomic E-state index is -3.54. The molecular formula is C9H14N4O2S. The Labute approximate surface area is 94.9 Å². The third-order valence-corrected chi connectivity index (χ3v) is 3.42. The Balaban J connectivity index is 2.75. The summed E-state index contributed by atoms with van der Waals surface area (Å²) < 4.78 is 27.3. The van der Waals surface area contributed by atoms with Gasteiger partial charge in [-0.05, 0) is 13.8 Å². The minimum Gasteiger partial charge on any atom is -0.272 e. The second kappa shape index (κ2) is 5.09. The van der Waals surface area contributed by atoms with Crippen LogP contribution in [-0.4, -0.2) is 24.7 Å². The molecule has 0 radical (unpaired) electrons. The highest BCUT2D eigenvalue weighted by molar-refractivity contribution is 7.89. The molecule has 0 spiro atoms. The van der Waals surface area contributed by atoms with Crippen molar-refractivity contribution < 1.29 is 8.42 Å². The molecule has 88 valence electrons. The van der Waals surface area contributed by atoms with E-state index in [2.05, 4.69) is 9.82 Å². The van der Waals surface area contributed by atoms with Gasteiger partial charge in [0.25, 0.3) is 0 Å². The number of nitrogens with one attached hydrogen (secondary N) is 1. The molecule has 16 heavy (non-hydrogen) atoms. The molecule has 7 heteroatoms. The van der Waals surface area contributed by atoms with Gasteiger partial charge in [-0.25, -0.2) is 13.1 Å². The van der Waals surface area contributed by atoms with Crippen molar-refractivity contribution in [2.45, 2.75) is 25.3 Å². The maximum atomic E-state index is 11.7. The van der Waals surface area contributed by atoms with Gasteiger partial charge in [0.1, 0.15) is 4.90 Å². The van der Waals surface area contributed by atoms with Crippen LogP contribution in [0.5, 0.6) is 0 Å². The quantitative estimate of drug-likeness (QED) is 0.806. The van der Waals surface area contributed by atoms with Gasteiger partial charge >= 0.3 is 0 Å². The van der Waals surface area contributed by atoms with E-state index in [1.165, 1.54) is 17.1 Å². The largest absolute Gasteiger partial charge is 0.272 e. The van der Waals surface area contributed by atoms with Crippen LogP contribution in [0.15, 0.2) is 17.3 Å². The summed E-state index contributed by atoms with van der Waals surface area (Å²) in [6, 6.07) is 1.96. The predicted molar refractivity (Wildman–Crippen MR) is 57.9 cm³/mol. The fourth-order valence-corrected chi connectivity index (χ4v) is 2.10. The molecular weight excluding hydrogens is 228 g/mol. The lowest BCUT2D eigenvalue weighted by atomic mass is 10.2. The summed E-state index contributed by atoms with van der Waals surface area (Å²) in [5.74, 6) is -0.351. The first kappa shape index (κ1) is 12.7. The van der Waals surface area contributed by atoms with Crippen LogP contribution in [0.3, 0.4) is 0 Å². The Morgan fingerprint density at radius 1 is 1.69 bits per heavy atom. The van der Waals surface area contributed by atoms with Crippen molar-refractivity contribution in [3.63, 3.8) is 0 Å². The summed E-state index contributed by atoms with van der Waals surface area (Å²) in [7, 11) is -3.54. The molecule has 1 heterocycles. The molecule has 0 aliphatic carbocycles. The molecule has 0 aliphatic heterocycles. The molecule has 1 atom stereocenters. The maximum absolute atomic E-state index is 11.7. The molecule has 0 amide bonds. The van der Waals surface area contributed by atoms with Gasteiger partial charge in [-0.3, -0.25) is 4.68 Å². The second-order valence-corrected chi connectivity index (χ2v) is 5.18. The van der Waals surface area contributed by atoms with E-state index in [1.54, 1.807) is 6.92 Å². The van der Waals surface area contributed by atoms with Gasteiger partial charge in [-0.1, -0.05) is 0 Å². The van der Waals surface area contributed by atoms with Crippen LogP contribution in [0.25, 0.3) is 0 Å². The Morgan fingerprint density at radius 2 is 2.38 bits per heavy atom. The normalized spacial score (nSPS) is 13.3. The van der Waals surface area contributed by atoms with Crippen LogP contribution >= 0.6 is 0 Å². The summed E-state index contributed by atoms with van der Waals surface area (Å²) in [5, 5.41) is 12.4. The number of aryl methyl sites for hydroxylation is 1. The molecule has 0 fully saturated rings. The number of sulfonamides is 1. The smallest absolute Gasteiger partial charge is 0.243 e. The highest BCUT2D eigenvalue weighted by Crippen LogP contribution is 2.07. The Kier molecular flexibility index (Phi) is 4.04. The lowest BCUT2D eigenvalue weighted by Gasteiger charge is -2.04. The monoisotopic (exact) mass is 242 g/mol. The molecule has 0 saturated carbocycles. The first-order valence-electron chi connectivity index (χ1n) is 4.91. The van der Waals surface area contributed by atoms with Crippen LogP contribution < -0.4 is 4.72 Å². The Morgan fingerprint density at radius 3 is 2.88 bits per heavy atom. The molecule has 1 aromatic rings. The van der Waals surface area contributed by atoms with Gasteiger partial charge in [-0.2, -0.15) is 10.4 Å². The zero-order chi connectivity index (χ0) is 12.2. The van der Waals surface area contributed by atoms with Crippen molar-refractivity contribution in [1.29, 1.82) is 5.26 Å². The van der Waals surface area contributed by atoms with Crippen molar-refractivity contribution in [3.8, 4) is 6.07 Å². The zero-order valence-corrected chi connectivity index (χ0v) is 10.0. The van der Waals surface area contributed by atoms with Crippen LogP contribution in [0.2, 0.25) is 0 Å². The third kappa shape index (κ3) is 3.05. The highest BCUT2D eigenvalue weighted by atomic mass is 32.2. The SMILES string of the molecule is CCn1cc(S(=O)(=O)NCC(C)C#N)cn1. The standard InChI is InChI=1S/C9H14N4O2S/c1-3-13-7-9(6-11-13)16(14,15)12-5-8(2)4-10/h6-8,12H,3,5H2,1-2H3. The average molecular weight is 242 g/mol. The molecule has 1 unspecified atom stereocenters. The fourth-order valence-electron chi connectivity index (χ4n) is 1.02. The van der Waals surface area contributed by atoms with E-state index < -0.39 is 10.0 Å². The van der Waals surface area contributed by atoms with E-state index >= 15 is 0 Å². The number of aromatic nitrogens is 2. The van der Waals surface area contributed by atoms with Crippen molar-refractivity contribution in [2.24, 2.45) is 5.92 Å². The molecule has 1 N–H and O–H groups in total. The van der Waals surface area contributed by atoms with Crippen molar-refractivity contribution in [2.75, 3.05) is 6.54 Å². The van der Waals surface area contributed by atoms with E-state index in [0.717, 1.165) is 0 Å². The average Bonchev–Trinajstić information content (AvgIpc) is 2.75. The van der Waals surface area contributed by atoms with E-state index in [4.69, 9.17) is 5.26 Å². The van der Waals surface area contributed by atoms with E-state index in [0.29, 0.717) is 6.54 Å². The molecule has 6 nitrogen and oxygen atoms in total. The van der Waals surface area contributed by atoms with Crippen LogP contribution in [0, 0.1) is 17.2 Å². The molecule has 1 rings (SSSR count). The summed E-state index contributed by atoms with van der Waals surface area (Å²) >= 11 is 0. The number of nitriles is 1. The van der Waals surface area contributed by atoms with Crippen LogP contribution in [-0.2, 0) is 16.6 Å². The third-order valence-electron chi connectivity index (χ3n) is 2.04. The van der Waals surface area contributed by atoms with Gasteiger partial charge in [0.05, 0.1) is 18.2 Å². The summed E-state index contributed by atoms with van der Waals surface area (Å²) in [6.07, 6.45) is 2.75. The van der Waals surface area contributed by atoms with Crippen LogP contribution in [0.1, 0.15) is 13.8 Å². The zero-order valence-electron chi connectivity index (χ0n) is 9.21. The number of hydrogen-bond donors (Lipinski definition) is 1. The number of nitrogens with zero attached hydrogens (tertiary/aromatic N) is 3. The van der Waals surface area contributed by atoms with Gasteiger partial charge in [0.2, 0.25) is 10.0 Å². The van der Waals surface area contributed by atoms with Gasteiger partial charge in [0.15, 0.2) is 0 Å². The second-order valence-electron chi connectivity index (χ2n) is 3.41. The minimum absolute atomic E-state index is 0.107. The van der Waals surface area contributed by atoms with Gasteiger partial charge < -0.3 is 0 Å². The lowest BCUT2D eigenvalue weighted by molar-refractivity contribution is 0.572. The van der Waals surface area contributed by atoms with E-state index in [1.807, 2.05) is 13.0 Å². The fraction of sp³-hybridized carbons (Fsp3) is 0.556. The van der Waals surface area contributed by atoms with Crippen molar-refractivity contribution in [3.05, 3.63) is 12.4 Å². The maximum Gasteiger partial charge on any atom is 0.243 e. The first-order valence-corrected chi connectivity index (χ1v) is 6.39. The molecule has 0 saturated heterocycles. The Hall–Kier alpha value is -1.39. The molecule has 0 bridgehead atoms. The number of hydrogen-bond acceptors (Lipinski definition) is 4. The Bertz CT molecular complexity index is 486. The number of rotatable bonds is 5. The summed E-state index contributed by atoms with van der Waals surface area (Å²) in [6.45, 7) is 4.24. The first-order chi connectivity index (χ1) is 7.49. The van der Waals surface area contributed by atoms with E-state index in [-0.39, 0.29) is 17.4 Å². The van der Waals surface area contributed by atoms with Crippen molar-refractivity contribution in [1.82, 2.24) is 14.5 Å². The van der Waals surface area contributed by atoms with E-state index in [9.17, 15) is 8.42 Å². The van der Waals surface area contributed by atoms with Crippen LogP contribution in [0.4, 0.5) is 0 Å².